The molecule has 0 bridgehead atoms. The van der Waals surface area contributed by atoms with Crippen LogP contribution in [0, 0.1) is 17.5 Å². The Balaban J connectivity index is 1.94. The fourth-order valence-corrected chi connectivity index (χ4v) is 4.72. The van der Waals surface area contributed by atoms with Crippen molar-refractivity contribution in [1.29, 1.82) is 0 Å². The van der Waals surface area contributed by atoms with Crippen molar-refractivity contribution >= 4 is 49.8 Å². The molecule has 3 rings (SSSR count). The molecular weight excluding hydrogens is 425 g/mol. The van der Waals surface area contributed by atoms with Crippen molar-refractivity contribution in [3.05, 3.63) is 45.5 Å². The zero-order chi connectivity index (χ0) is 21.1. The summed E-state index contributed by atoms with van der Waals surface area (Å²) in [5.74, 6) is -5.04. The first kappa shape index (κ1) is 21.3. The average molecular weight is 442 g/mol. The first-order valence-electron chi connectivity index (χ1n) is 8.82. The lowest BCUT2D eigenvalue weighted by Gasteiger charge is -2.19. The zero-order valence-electron chi connectivity index (χ0n) is 15.4. The highest BCUT2D eigenvalue weighted by molar-refractivity contribution is 7.18. The minimum Gasteiger partial charge on any atom is -0.481 e. The number of hydrogen-bond acceptors (Lipinski definition) is 5. The normalized spacial score (nSPS) is 11.2. The molecule has 0 aliphatic rings. The number of carbonyl (C=O) groups is 2. The van der Waals surface area contributed by atoms with Crippen molar-refractivity contribution in [3.8, 4) is 0 Å². The van der Waals surface area contributed by atoms with Crippen molar-refractivity contribution in [1.82, 2.24) is 4.98 Å². The highest BCUT2D eigenvalue weighted by Gasteiger charge is 2.23. The van der Waals surface area contributed by atoms with Gasteiger partial charge in [-0.25, -0.2) is 18.2 Å². The third kappa shape index (κ3) is 4.76. The molecule has 0 fully saturated rings. The Labute approximate surface area is 172 Å². The summed E-state index contributed by atoms with van der Waals surface area (Å²) in [6.07, 6.45) is 1.19. The Morgan fingerprint density at radius 1 is 1.17 bits per heavy atom. The quantitative estimate of drug-likeness (QED) is 0.491. The van der Waals surface area contributed by atoms with Gasteiger partial charge in [-0.05, 0) is 23.4 Å². The van der Waals surface area contributed by atoms with Crippen molar-refractivity contribution in [2.75, 3.05) is 4.90 Å². The standard InChI is InChI=1S/C19H17F3N2O3S2/c1-2-3-10-6-15(28-9-10)24(14(25)4-5-16(26)27)8-13-23-18-17(22)11(20)7-12(21)19(18)29-13/h6-7,9H,2-5,8H2,1H3,(H,26,27). The van der Waals surface area contributed by atoms with Gasteiger partial charge in [0, 0.05) is 12.5 Å². The predicted octanol–water partition coefficient (Wildman–Crippen LogP) is 5.13. The lowest BCUT2D eigenvalue weighted by Crippen LogP contribution is -2.30. The third-order valence-corrected chi connectivity index (χ3v) is 6.20. The molecule has 2 heterocycles. The number of thiophene rings is 1. The number of aryl methyl sites for hydroxylation is 1. The Bertz CT molecular complexity index is 1060. The van der Waals surface area contributed by atoms with Crippen LogP contribution in [0.1, 0.15) is 36.8 Å². The molecule has 29 heavy (non-hydrogen) atoms. The van der Waals surface area contributed by atoms with E-state index in [9.17, 15) is 22.8 Å². The molecule has 0 saturated heterocycles. The van der Waals surface area contributed by atoms with Gasteiger partial charge >= 0.3 is 5.97 Å². The van der Waals surface area contributed by atoms with Crippen molar-refractivity contribution in [3.63, 3.8) is 0 Å². The van der Waals surface area contributed by atoms with E-state index < -0.39 is 34.8 Å². The molecule has 1 aromatic carbocycles. The summed E-state index contributed by atoms with van der Waals surface area (Å²) in [5.41, 5.74) is 0.616. The van der Waals surface area contributed by atoms with E-state index in [1.54, 1.807) is 0 Å². The molecule has 0 unspecified atom stereocenters. The number of carbonyl (C=O) groups excluding carboxylic acids is 1. The highest BCUT2D eigenvalue weighted by atomic mass is 32.1. The lowest BCUT2D eigenvalue weighted by atomic mass is 10.2. The maximum atomic E-state index is 14.0. The van der Waals surface area contributed by atoms with E-state index in [0.717, 1.165) is 29.7 Å². The SMILES string of the molecule is CCCc1csc(N(Cc2nc3c(F)c(F)cc(F)c3s2)C(=O)CCC(=O)O)c1. The van der Waals surface area contributed by atoms with Gasteiger partial charge in [0.15, 0.2) is 11.6 Å². The predicted molar refractivity (Wildman–Crippen MR) is 106 cm³/mol. The number of halogens is 3. The number of rotatable bonds is 8. The van der Waals surface area contributed by atoms with Gasteiger partial charge in [0.05, 0.1) is 22.7 Å². The van der Waals surface area contributed by atoms with Gasteiger partial charge in [0.2, 0.25) is 5.91 Å². The van der Waals surface area contributed by atoms with E-state index in [1.165, 1.54) is 16.2 Å². The second-order valence-electron chi connectivity index (χ2n) is 6.36. The Morgan fingerprint density at radius 2 is 1.93 bits per heavy atom. The maximum Gasteiger partial charge on any atom is 0.303 e. The molecule has 154 valence electrons. The monoisotopic (exact) mass is 442 g/mol. The van der Waals surface area contributed by atoms with E-state index in [-0.39, 0.29) is 29.1 Å². The summed E-state index contributed by atoms with van der Waals surface area (Å²) >= 11 is 2.15. The van der Waals surface area contributed by atoms with Crippen molar-refractivity contribution in [2.24, 2.45) is 0 Å². The molecule has 10 heteroatoms. The van der Waals surface area contributed by atoms with Gasteiger partial charge < -0.3 is 5.11 Å². The fraction of sp³-hybridized carbons (Fsp3) is 0.316. The second kappa shape index (κ2) is 8.91. The molecule has 0 spiro atoms. The van der Waals surface area contributed by atoms with Gasteiger partial charge in [-0.2, -0.15) is 0 Å². The number of carboxylic acid groups (broad SMARTS) is 1. The number of carboxylic acids is 1. The van der Waals surface area contributed by atoms with Crippen LogP contribution in [-0.2, 0) is 22.6 Å². The number of thiazole rings is 1. The lowest BCUT2D eigenvalue weighted by molar-refractivity contribution is -0.138. The number of benzene rings is 1. The van der Waals surface area contributed by atoms with Crippen LogP contribution in [0.4, 0.5) is 18.2 Å². The minimum atomic E-state index is -1.33. The number of aromatic nitrogens is 1. The summed E-state index contributed by atoms with van der Waals surface area (Å²) in [4.78, 5) is 28.8. The number of hydrogen-bond donors (Lipinski definition) is 1. The second-order valence-corrected chi connectivity index (χ2v) is 8.33. The van der Waals surface area contributed by atoms with Gasteiger partial charge in [-0.1, -0.05) is 13.3 Å². The number of aliphatic carboxylic acids is 1. The summed E-state index contributed by atoms with van der Waals surface area (Å²) in [6, 6.07) is 2.30. The molecule has 3 aromatic rings. The number of amides is 1. The van der Waals surface area contributed by atoms with Crippen LogP contribution in [0.5, 0.6) is 0 Å². The topological polar surface area (TPSA) is 70.5 Å². The first-order chi connectivity index (χ1) is 13.8. The summed E-state index contributed by atoms with van der Waals surface area (Å²) in [6.45, 7) is 1.93. The van der Waals surface area contributed by atoms with Gasteiger partial charge in [0.25, 0.3) is 0 Å². The minimum absolute atomic E-state index is 0.0929. The van der Waals surface area contributed by atoms with Gasteiger partial charge in [0.1, 0.15) is 16.3 Å². The van der Waals surface area contributed by atoms with Crippen molar-refractivity contribution < 1.29 is 27.9 Å². The molecular formula is C19H17F3N2O3S2. The van der Waals surface area contributed by atoms with Crippen LogP contribution in [-0.4, -0.2) is 22.0 Å². The summed E-state index contributed by atoms with van der Waals surface area (Å²) in [7, 11) is 0. The van der Waals surface area contributed by atoms with Crippen LogP contribution in [0.15, 0.2) is 17.5 Å². The van der Waals surface area contributed by atoms with Crippen LogP contribution in [0.3, 0.4) is 0 Å². The Morgan fingerprint density at radius 3 is 2.62 bits per heavy atom. The van der Waals surface area contributed by atoms with Crippen LogP contribution < -0.4 is 4.90 Å². The molecule has 0 saturated carbocycles. The van der Waals surface area contributed by atoms with Gasteiger partial charge in [-0.3, -0.25) is 14.5 Å². The van der Waals surface area contributed by atoms with Crippen molar-refractivity contribution in [2.45, 2.75) is 39.2 Å². The smallest absolute Gasteiger partial charge is 0.303 e. The first-order valence-corrected chi connectivity index (χ1v) is 10.5. The number of nitrogens with zero attached hydrogens (tertiary/aromatic N) is 2. The molecule has 1 N–H and O–H groups in total. The van der Waals surface area contributed by atoms with E-state index in [2.05, 4.69) is 4.98 Å². The van der Waals surface area contributed by atoms with Crippen LogP contribution >= 0.6 is 22.7 Å². The Hall–Kier alpha value is -2.46. The average Bonchev–Trinajstić information content (AvgIpc) is 3.30. The fourth-order valence-electron chi connectivity index (χ4n) is 2.79. The van der Waals surface area contributed by atoms with Crippen LogP contribution in [0.2, 0.25) is 0 Å². The molecule has 5 nitrogen and oxygen atoms in total. The van der Waals surface area contributed by atoms with E-state index in [0.29, 0.717) is 11.1 Å². The zero-order valence-corrected chi connectivity index (χ0v) is 17.0. The third-order valence-electron chi connectivity index (χ3n) is 4.15. The molecule has 0 aliphatic carbocycles. The molecule has 2 aromatic heterocycles. The summed E-state index contributed by atoms with van der Waals surface area (Å²) in [5, 5.41) is 11.6. The van der Waals surface area contributed by atoms with E-state index in [4.69, 9.17) is 5.11 Å². The molecule has 0 aliphatic heterocycles. The van der Waals surface area contributed by atoms with Crippen LogP contribution in [0.25, 0.3) is 10.2 Å². The number of anilines is 1. The van der Waals surface area contributed by atoms with E-state index >= 15 is 0 Å². The maximum absolute atomic E-state index is 14.0. The Kier molecular flexibility index (Phi) is 6.53. The molecule has 0 radical (unpaired) electrons. The summed E-state index contributed by atoms with van der Waals surface area (Å²) < 4.78 is 41.3. The largest absolute Gasteiger partial charge is 0.481 e. The van der Waals surface area contributed by atoms with E-state index in [1.807, 2.05) is 18.4 Å². The molecule has 0 atom stereocenters. The molecule has 1 amide bonds. The van der Waals surface area contributed by atoms with Gasteiger partial charge in [-0.15, -0.1) is 22.7 Å². The number of fused-ring (bicyclic) bond motifs is 1. The highest BCUT2D eigenvalue weighted by Crippen LogP contribution is 2.32.